The van der Waals surface area contributed by atoms with Gasteiger partial charge in [-0.2, -0.15) is 0 Å². The molecule has 1 atom stereocenters. The highest BCUT2D eigenvalue weighted by Crippen LogP contribution is 2.30. The SMILES string of the molecule is O=C(NCC1(O)CCC1)N[C@H](c1ccccc1)c1ccco1. The number of hydrogen-bond acceptors (Lipinski definition) is 3. The molecule has 2 amide bonds. The van der Waals surface area contributed by atoms with Gasteiger partial charge in [-0.3, -0.25) is 0 Å². The van der Waals surface area contributed by atoms with E-state index in [0.29, 0.717) is 5.76 Å². The fourth-order valence-corrected chi connectivity index (χ4v) is 2.61. The van der Waals surface area contributed by atoms with Crippen molar-refractivity contribution in [1.29, 1.82) is 0 Å². The highest BCUT2D eigenvalue weighted by Gasteiger charge is 2.34. The summed E-state index contributed by atoms with van der Waals surface area (Å²) in [5.41, 5.74) is 0.208. The molecule has 5 nitrogen and oxygen atoms in total. The average Bonchev–Trinajstić information content (AvgIpc) is 3.03. The van der Waals surface area contributed by atoms with Crippen LogP contribution in [0.2, 0.25) is 0 Å². The van der Waals surface area contributed by atoms with Gasteiger partial charge in [-0.15, -0.1) is 0 Å². The number of carbonyl (C=O) groups is 1. The van der Waals surface area contributed by atoms with E-state index in [4.69, 9.17) is 4.42 Å². The van der Waals surface area contributed by atoms with Crippen LogP contribution in [-0.4, -0.2) is 23.3 Å². The molecule has 0 aliphatic heterocycles. The molecular formula is C17H20N2O3. The number of benzene rings is 1. The third-order valence-corrected chi connectivity index (χ3v) is 4.10. The van der Waals surface area contributed by atoms with Gasteiger partial charge in [-0.1, -0.05) is 30.3 Å². The van der Waals surface area contributed by atoms with Gasteiger partial charge in [-0.25, -0.2) is 4.79 Å². The number of amides is 2. The van der Waals surface area contributed by atoms with Crippen molar-refractivity contribution in [3.05, 3.63) is 60.1 Å². The third-order valence-electron chi connectivity index (χ3n) is 4.10. The molecule has 1 aliphatic rings. The van der Waals surface area contributed by atoms with Crippen LogP contribution in [0.25, 0.3) is 0 Å². The lowest BCUT2D eigenvalue weighted by Crippen LogP contribution is -2.50. The molecule has 0 bridgehead atoms. The summed E-state index contributed by atoms with van der Waals surface area (Å²) in [5.74, 6) is 0.670. The summed E-state index contributed by atoms with van der Waals surface area (Å²) in [6, 6.07) is 12.6. The van der Waals surface area contributed by atoms with E-state index in [0.717, 1.165) is 24.8 Å². The van der Waals surface area contributed by atoms with E-state index in [1.807, 2.05) is 36.4 Å². The minimum Gasteiger partial charge on any atom is -0.467 e. The van der Waals surface area contributed by atoms with E-state index in [9.17, 15) is 9.90 Å². The van der Waals surface area contributed by atoms with Crippen LogP contribution in [0.1, 0.15) is 36.6 Å². The fraction of sp³-hybridized carbons (Fsp3) is 0.353. The van der Waals surface area contributed by atoms with Crippen LogP contribution in [0, 0.1) is 0 Å². The maximum absolute atomic E-state index is 12.1. The lowest BCUT2D eigenvalue weighted by atomic mass is 9.80. The first-order valence-corrected chi connectivity index (χ1v) is 7.51. The Balaban J connectivity index is 1.66. The molecule has 1 aromatic heterocycles. The molecule has 22 heavy (non-hydrogen) atoms. The summed E-state index contributed by atoms with van der Waals surface area (Å²) in [6.07, 6.45) is 4.09. The van der Waals surface area contributed by atoms with Gasteiger partial charge in [0.05, 0.1) is 11.9 Å². The van der Waals surface area contributed by atoms with E-state index in [1.54, 1.807) is 12.3 Å². The monoisotopic (exact) mass is 300 g/mol. The average molecular weight is 300 g/mol. The summed E-state index contributed by atoms with van der Waals surface area (Å²) < 4.78 is 5.44. The van der Waals surface area contributed by atoms with E-state index in [-0.39, 0.29) is 18.6 Å². The summed E-state index contributed by atoms with van der Waals surface area (Å²) in [4.78, 5) is 12.1. The molecule has 0 radical (unpaired) electrons. The topological polar surface area (TPSA) is 74.5 Å². The summed E-state index contributed by atoms with van der Waals surface area (Å²) in [6.45, 7) is 0.276. The Morgan fingerprint density at radius 2 is 2.00 bits per heavy atom. The normalized spacial score (nSPS) is 17.3. The van der Waals surface area contributed by atoms with Crippen LogP contribution in [0.5, 0.6) is 0 Å². The van der Waals surface area contributed by atoms with E-state index in [2.05, 4.69) is 10.6 Å². The van der Waals surface area contributed by atoms with Crippen molar-refractivity contribution in [1.82, 2.24) is 10.6 Å². The standard InChI is InChI=1S/C17H20N2O3/c20-16(18-12-17(21)9-5-10-17)19-15(14-8-4-11-22-14)13-6-2-1-3-7-13/h1-4,6-8,11,15,21H,5,9-10,12H2,(H2,18,19,20)/t15-/m1/s1. The predicted octanol–water partition coefficient (Wildman–Crippen LogP) is 2.58. The quantitative estimate of drug-likeness (QED) is 0.794. The summed E-state index contributed by atoms with van der Waals surface area (Å²) in [5, 5.41) is 15.7. The molecule has 0 saturated heterocycles. The van der Waals surface area contributed by atoms with Crippen molar-refractivity contribution >= 4 is 6.03 Å². The lowest BCUT2D eigenvalue weighted by Gasteiger charge is -2.36. The zero-order chi connectivity index (χ0) is 15.4. The van der Waals surface area contributed by atoms with Crippen LogP contribution in [0.4, 0.5) is 4.79 Å². The zero-order valence-corrected chi connectivity index (χ0v) is 12.3. The van der Waals surface area contributed by atoms with Gasteiger partial charge in [0, 0.05) is 6.54 Å². The highest BCUT2D eigenvalue weighted by atomic mass is 16.3. The maximum atomic E-state index is 12.1. The number of aliphatic hydroxyl groups is 1. The van der Waals surface area contributed by atoms with Gasteiger partial charge in [-0.05, 0) is 37.0 Å². The van der Waals surface area contributed by atoms with Gasteiger partial charge in [0.2, 0.25) is 0 Å². The number of urea groups is 1. The first-order valence-electron chi connectivity index (χ1n) is 7.51. The van der Waals surface area contributed by atoms with Crippen molar-refractivity contribution in [2.75, 3.05) is 6.54 Å². The van der Waals surface area contributed by atoms with Crippen molar-refractivity contribution in [3.63, 3.8) is 0 Å². The summed E-state index contributed by atoms with van der Waals surface area (Å²) in [7, 11) is 0. The molecule has 1 aromatic carbocycles. The van der Waals surface area contributed by atoms with Crippen LogP contribution < -0.4 is 10.6 Å². The molecule has 1 aliphatic carbocycles. The van der Waals surface area contributed by atoms with Crippen LogP contribution in [0.3, 0.4) is 0 Å². The number of carbonyl (C=O) groups excluding carboxylic acids is 1. The van der Waals surface area contributed by atoms with E-state index in [1.165, 1.54) is 0 Å². The van der Waals surface area contributed by atoms with Crippen molar-refractivity contribution < 1.29 is 14.3 Å². The Morgan fingerprint density at radius 1 is 1.23 bits per heavy atom. The molecule has 3 rings (SSSR count). The Labute approximate surface area is 129 Å². The van der Waals surface area contributed by atoms with Gasteiger partial charge in [0.25, 0.3) is 0 Å². The molecule has 1 fully saturated rings. The largest absolute Gasteiger partial charge is 0.467 e. The summed E-state index contributed by atoms with van der Waals surface area (Å²) >= 11 is 0. The lowest BCUT2D eigenvalue weighted by molar-refractivity contribution is -0.0290. The Bertz CT molecular complexity index is 606. The van der Waals surface area contributed by atoms with Gasteiger partial charge in [0.15, 0.2) is 0 Å². The Morgan fingerprint density at radius 3 is 2.59 bits per heavy atom. The number of furan rings is 1. The number of rotatable bonds is 5. The first kappa shape index (κ1) is 14.7. The molecule has 1 heterocycles. The fourth-order valence-electron chi connectivity index (χ4n) is 2.61. The van der Waals surface area contributed by atoms with E-state index < -0.39 is 5.60 Å². The van der Waals surface area contributed by atoms with E-state index >= 15 is 0 Å². The second-order valence-corrected chi connectivity index (χ2v) is 5.76. The molecule has 5 heteroatoms. The van der Waals surface area contributed by atoms with Crippen molar-refractivity contribution in [2.45, 2.75) is 30.9 Å². The molecule has 116 valence electrons. The minimum absolute atomic E-state index is 0.276. The van der Waals surface area contributed by atoms with Crippen LogP contribution in [-0.2, 0) is 0 Å². The minimum atomic E-state index is -0.732. The number of nitrogens with one attached hydrogen (secondary N) is 2. The third kappa shape index (κ3) is 3.31. The highest BCUT2D eigenvalue weighted by molar-refractivity contribution is 5.75. The van der Waals surface area contributed by atoms with Gasteiger partial charge < -0.3 is 20.2 Å². The molecule has 0 spiro atoms. The van der Waals surface area contributed by atoms with Gasteiger partial charge >= 0.3 is 6.03 Å². The predicted molar refractivity (Wildman–Crippen MR) is 82.3 cm³/mol. The van der Waals surface area contributed by atoms with Gasteiger partial charge in [0.1, 0.15) is 11.8 Å². The molecule has 0 unspecified atom stereocenters. The second kappa shape index (κ2) is 6.23. The Hall–Kier alpha value is -2.27. The maximum Gasteiger partial charge on any atom is 0.315 e. The molecule has 1 saturated carbocycles. The molecule has 3 N–H and O–H groups in total. The van der Waals surface area contributed by atoms with Crippen molar-refractivity contribution in [3.8, 4) is 0 Å². The zero-order valence-electron chi connectivity index (χ0n) is 12.3. The first-order chi connectivity index (χ1) is 10.7. The van der Waals surface area contributed by atoms with Crippen LogP contribution in [0.15, 0.2) is 53.1 Å². The molecule has 2 aromatic rings. The molecular weight excluding hydrogens is 280 g/mol. The number of hydrogen-bond donors (Lipinski definition) is 3. The van der Waals surface area contributed by atoms with Crippen LogP contribution >= 0.6 is 0 Å². The smallest absolute Gasteiger partial charge is 0.315 e. The Kier molecular flexibility index (Phi) is 4.15. The van der Waals surface area contributed by atoms with Crippen molar-refractivity contribution in [2.24, 2.45) is 0 Å². The second-order valence-electron chi connectivity index (χ2n) is 5.76.